The Kier molecular flexibility index (Phi) is 3.26. The first-order valence-corrected chi connectivity index (χ1v) is 5.36. The minimum atomic E-state index is -1.31. The molecule has 0 spiro atoms. The molecule has 0 amide bonds. The van der Waals surface area contributed by atoms with Gasteiger partial charge in [0.2, 0.25) is 0 Å². The molecule has 18 heavy (non-hydrogen) atoms. The fraction of sp³-hybridized carbons (Fsp3) is 0.143. The van der Waals surface area contributed by atoms with Crippen LogP contribution in [0.3, 0.4) is 0 Å². The molecule has 0 radical (unpaired) electrons. The van der Waals surface area contributed by atoms with Crippen LogP contribution in [0.25, 0.3) is 10.8 Å². The maximum absolute atomic E-state index is 11.4. The number of rotatable bonds is 2. The van der Waals surface area contributed by atoms with E-state index in [1.54, 1.807) is 30.3 Å². The van der Waals surface area contributed by atoms with Crippen LogP contribution in [0.5, 0.6) is 0 Å². The number of nitrogens with zero attached hydrogens (tertiary/aromatic N) is 1. The summed E-state index contributed by atoms with van der Waals surface area (Å²) in [4.78, 5) is 11.4. The summed E-state index contributed by atoms with van der Waals surface area (Å²) in [6.07, 6.45) is -1.31. The van der Waals surface area contributed by atoms with E-state index in [9.17, 15) is 9.90 Å². The van der Waals surface area contributed by atoms with Crippen molar-refractivity contribution >= 4 is 16.7 Å². The van der Waals surface area contributed by atoms with Gasteiger partial charge in [-0.25, -0.2) is 4.79 Å². The third kappa shape index (κ3) is 2.04. The van der Waals surface area contributed by atoms with E-state index in [4.69, 9.17) is 5.26 Å². The fourth-order valence-electron chi connectivity index (χ4n) is 1.86. The Morgan fingerprint density at radius 1 is 1.39 bits per heavy atom. The number of benzene rings is 2. The normalized spacial score (nSPS) is 11.8. The van der Waals surface area contributed by atoms with Gasteiger partial charge in [0.25, 0.3) is 0 Å². The van der Waals surface area contributed by atoms with Gasteiger partial charge >= 0.3 is 5.97 Å². The molecule has 0 aliphatic rings. The molecule has 0 saturated heterocycles. The monoisotopic (exact) mass is 241 g/mol. The number of nitriles is 1. The van der Waals surface area contributed by atoms with Gasteiger partial charge < -0.3 is 9.84 Å². The topological polar surface area (TPSA) is 70.3 Å². The summed E-state index contributed by atoms with van der Waals surface area (Å²) in [7, 11) is 1.23. The van der Waals surface area contributed by atoms with Gasteiger partial charge in [-0.05, 0) is 28.5 Å². The molecule has 2 rings (SSSR count). The van der Waals surface area contributed by atoms with E-state index in [1.165, 1.54) is 7.11 Å². The molecular weight excluding hydrogens is 230 g/mol. The van der Waals surface area contributed by atoms with Crippen LogP contribution in [0.4, 0.5) is 0 Å². The Morgan fingerprint density at radius 3 is 2.83 bits per heavy atom. The number of methoxy groups -OCH3 is 1. The molecule has 4 heteroatoms. The van der Waals surface area contributed by atoms with Crippen LogP contribution in [0.1, 0.15) is 17.2 Å². The number of hydrogen-bond acceptors (Lipinski definition) is 4. The molecule has 1 atom stereocenters. The predicted molar refractivity (Wildman–Crippen MR) is 65.6 cm³/mol. The summed E-state index contributed by atoms with van der Waals surface area (Å²) in [5.74, 6) is -0.702. The largest absolute Gasteiger partial charge is 0.467 e. The second-order valence-electron chi connectivity index (χ2n) is 3.82. The maximum Gasteiger partial charge on any atom is 0.339 e. The number of carbonyl (C=O) groups excluding carboxylic acids is 1. The highest BCUT2D eigenvalue weighted by atomic mass is 16.5. The molecule has 1 N–H and O–H groups in total. The van der Waals surface area contributed by atoms with Crippen molar-refractivity contribution < 1.29 is 14.6 Å². The predicted octanol–water partition coefficient (Wildman–Crippen LogP) is 1.92. The Balaban J connectivity index is 2.59. The van der Waals surface area contributed by atoms with Crippen molar-refractivity contribution in [2.45, 2.75) is 6.10 Å². The average molecular weight is 241 g/mol. The van der Waals surface area contributed by atoms with E-state index >= 15 is 0 Å². The highest BCUT2D eigenvalue weighted by Crippen LogP contribution is 2.25. The molecule has 4 nitrogen and oxygen atoms in total. The fourth-order valence-corrected chi connectivity index (χ4v) is 1.86. The minimum absolute atomic E-state index is 0.476. The second-order valence-corrected chi connectivity index (χ2v) is 3.82. The summed E-state index contributed by atoms with van der Waals surface area (Å²) in [6, 6.07) is 12.3. The van der Waals surface area contributed by atoms with Crippen molar-refractivity contribution in [2.24, 2.45) is 0 Å². The number of fused-ring (bicyclic) bond motifs is 1. The number of carbonyl (C=O) groups is 1. The van der Waals surface area contributed by atoms with Gasteiger partial charge in [-0.2, -0.15) is 5.26 Å². The molecule has 0 saturated carbocycles. The zero-order chi connectivity index (χ0) is 13.1. The quantitative estimate of drug-likeness (QED) is 0.815. The molecule has 0 fully saturated rings. The molecule has 2 aromatic rings. The standard InChI is InChI=1S/C14H11NO3/c1-18-14(17)13(16)12-4-2-3-10-7-9(8-15)5-6-11(10)12/h2-7,13,16H,1H3. The van der Waals surface area contributed by atoms with Gasteiger partial charge in [0, 0.05) is 0 Å². The maximum atomic E-state index is 11.4. The number of hydrogen-bond donors (Lipinski definition) is 1. The average Bonchev–Trinajstić information content (AvgIpc) is 2.44. The molecule has 0 bridgehead atoms. The molecule has 0 heterocycles. The molecule has 2 aromatic carbocycles. The van der Waals surface area contributed by atoms with Crippen molar-refractivity contribution in [3.05, 3.63) is 47.5 Å². The van der Waals surface area contributed by atoms with Crippen molar-refractivity contribution in [2.75, 3.05) is 7.11 Å². The smallest absolute Gasteiger partial charge is 0.339 e. The Labute approximate surface area is 104 Å². The molecule has 0 aliphatic heterocycles. The van der Waals surface area contributed by atoms with Crippen molar-refractivity contribution in [3.8, 4) is 6.07 Å². The lowest BCUT2D eigenvalue weighted by Crippen LogP contribution is -2.13. The van der Waals surface area contributed by atoms with Gasteiger partial charge in [0.15, 0.2) is 6.10 Å². The summed E-state index contributed by atoms with van der Waals surface area (Å²) >= 11 is 0. The Bertz CT molecular complexity index is 643. The zero-order valence-corrected chi connectivity index (χ0v) is 9.75. The lowest BCUT2D eigenvalue weighted by molar-refractivity contribution is -0.150. The first kappa shape index (κ1) is 12.1. The van der Waals surface area contributed by atoms with Crippen LogP contribution in [-0.4, -0.2) is 18.2 Å². The Morgan fingerprint density at radius 2 is 2.17 bits per heavy atom. The van der Waals surface area contributed by atoms with Crippen LogP contribution >= 0.6 is 0 Å². The van der Waals surface area contributed by atoms with Crippen LogP contribution in [0.2, 0.25) is 0 Å². The van der Waals surface area contributed by atoms with Crippen molar-refractivity contribution in [3.63, 3.8) is 0 Å². The van der Waals surface area contributed by atoms with Gasteiger partial charge in [-0.1, -0.05) is 24.3 Å². The van der Waals surface area contributed by atoms with Crippen molar-refractivity contribution in [1.29, 1.82) is 5.26 Å². The number of aliphatic hydroxyl groups is 1. The van der Waals surface area contributed by atoms with E-state index in [0.29, 0.717) is 11.1 Å². The van der Waals surface area contributed by atoms with Gasteiger partial charge in [-0.15, -0.1) is 0 Å². The molecule has 1 unspecified atom stereocenters. The minimum Gasteiger partial charge on any atom is -0.467 e. The summed E-state index contributed by atoms with van der Waals surface area (Å²) in [5, 5.41) is 20.2. The molecular formula is C14H11NO3. The van der Waals surface area contributed by atoms with Crippen LogP contribution < -0.4 is 0 Å². The summed E-state index contributed by atoms with van der Waals surface area (Å²) in [5.41, 5.74) is 1.01. The lowest BCUT2D eigenvalue weighted by Gasteiger charge is -2.11. The van der Waals surface area contributed by atoms with E-state index < -0.39 is 12.1 Å². The van der Waals surface area contributed by atoms with E-state index in [-0.39, 0.29) is 0 Å². The third-order valence-electron chi connectivity index (χ3n) is 2.76. The van der Waals surface area contributed by atoms with E-state index in [1.807, 2.05) is 12.1 Å². The Hall–Kier alpha value is -2.38. The van der Waals surface area contributed by atoms with Crippen LogP contribution in [-0.2, 0) is 9.53 Å². The molecule has 0 aromatic heterocycles. The first-order chi connectivity index (χ1) is 8.67. The lowest BCUT2D eigenvalue weighted by atomic mass is 9.99. The number of aliphatic hydroxyl groups excluding tert-OH is 1. The molecule has 90 valence electrons. The summed E-state index contributed by atoms with van der Waals surface area (Å²) in [6.45, 7) is 0. The number of ether oxygens (including phenoxy) is 1. The first-order valence-electron chi connectivity index (χ1n) is 5.36. The highest BCUT2D eigenvalue weighted by Gasteiger charge is 2.19. The zero-order valence-electron chi connectivity index (χ0n) is 9.75. The third-order valence-corrected chi connectivity index (χ3v) is 2.76. The van der Waals surface area contributed by atoms with Gasteiger partial charge in [0.1, 0.15) is 0 Å². The van der Waals surface area contributed by atoms with Crippen molar-refractivity contribution in [1.82, 2.24) is 0 Å². The van der Waals surface area contributed by atoms with Gasteiger partial charge in [0.05, 0.1) is 18.7 Å². The van der Waals surface area contributed by atoms with E-state index in [0.717, 1.165) is 10.8 Å². The highest BCUT2D eigenvalue weighted by molar-refractivity contribution is 5.91. The second kappa shape index (κ2) is 4.86. The summed E-state index contributed by atoms with van der Waals surface area (Å²) < 4.78 is 4.52. The molecule has 0 aliphatic carbocycles. The van der Waals surface area contributed by atoms with E-state index in [2.05, 4.69) is 4.74 Å². The number of esters is 1. The SMILES string of the molecule is COC(=O)C(O)c1cccc2cc(C#N)ccc12. The van der Waals surface area contributed by atoms with Crippen LogP contribution in [0.15, 0.2) is 36.4 Å². The van der Waals surface area contributed by atoms with Gasteiger partial charge in [-0.3, -0.25) is 0 Å². The van der Waals surface area contributed by atoms with Crippen LogP contribution in [0, 0.1) is 11.3 Å².